The Morgan fingerprint density at radius 2 is 1.12 bits per heavy atom. The molecule has 0 aliphatic rings. The van der Waals surface area contributed by atoms with E-state index in [1.807, 2.05) is 0 Å². The second kappa shape index (κ2) is 19.4. The smallest absolute Gasteiger partial charge is 0.312 e. The Labute approximate surface area is 199 Å². The molecule has 0 aromatic carbocycles. The number of hydrogen-bond acceptors (Lipinski definition) is 4. The van der Waals surface area contributed by atoms with Gasteiger partial charge in [0.1, 0.15) is 0 Å². The predicted molar refractivity (Wildman–Crippen MR) is 135 cm³/mol. The average Bonchev–Trinajstić information content (AvgIpc) is 2.75. The van der Waals surface area contributed by atoms with Gasteiger partial charge in [0.05, 0.1) is 18.6 Å². The molecule has 0 rings (SSSR count). The molecule has 0 aromatic rings. The number of esters is 2. The van der Waals surface area contributed by atoms with E-state index in [1.54, 1.807) is 0 Å². The highest BCUT2D eigenvalue weighted by atomic mass is 16.5. The van der Waals surface area contributed by atoms with E-state index < -0.39 is 0 Å². The van der Waals surface area contributed by atoms with Gasteiger partial charge in [-0.2, -0.15) is 0 Å². The summed E-state index contributed by atoms with van der Waals surface area (Å²) in [5.74, 6) is 1.30. The van der Waals surface area contributed by atoms with Gasteiger partial charge in [-0.15, -0.1) is 0 Å². The minimum atomic E-state index is -0.298. The molecule has 0 amide bonds. The molecule has 0 spiro atoms. The van der Waals surface area contributed by atoms with Crippen molar-refractivity contribution in [2.24, 2.45) is 17.3 Å². The van der Waals surface area contributed by atoms with Crippen LogP contribution in [0.1, 0.15) is 138 Å². The molecule has 0 radical (unpaired) electrons. The molecule has 0 heterocycles. The molecule has 0 aliphatic carbocycles. The molecule has 32 heavy (non-hydrogen) atoms. The Morgan fingerprint density at radius 3 is 1.62 bits per heavy atom. The maximum atomic E-state index is 12.7. The van der Waals surface area contributed by atoms with Crippen molar-refractivity contribution in [2.75, 3.05) is 13.2 Å². The lowest BCUT2D eigenvalue weighted by Gasteiger charge is -2.29. The molecule has 0 saturated heterocycles. The Balaban J connectivity index is 3.83. The molecular weight excluding hydrogens is 400 g/mol. The fraction of sp³-hybridized carbons (Fsp3) is 0.929. The molecule has 0 aliphatic heterocycles. The van der Waals surface area contributed by atoms with Gasteiger partial charge in [0.2, 0.25) is 0 Å². The number of hydrogen-bond donors (Lipinski definition) is 0. The highest BCUT2D eigenvalue weighted by molar-refractivity contribution is 5.76. The van der Waals surface area contributed by atoms with Gasteiger partial charge in [-0.1, -0.05) is 80.1 Å². The molecule has 0 atom stereocenters. The van der Waals surface area contributed by atoms with Gasteiger partial charge in [0, 0.05) is 6.42 Å². The van der Waals surface area contributed by atoms with E-state index in [4.69, 9.17) is 9.47 Å². The average molecular weight is 455 g/mol. The van der Waals surface area contributed by atoms with Crippen molar-refractivity contribution in [1.82, 2.24) is 0 Å². The monoisotopic (exact) mass is 454 g/mol. The molecule has 0 aromatic heterocycles. The maximum Gasteiger partial charge on any atom is 0.312 e. The summed E-state index contributed by atoms with van der Waals surface area (Å²) in [5, 5.41) is 0. The van der Waals surface area contributed by atoms with Crippen LogP contribution in [0.15, 0.2) is 0 Å². The van der Waals surface area contributed by atoms with Crippen molar-refractivity contribution < 1.29 is 19.1 Å². The fourth-order valence-electron chi connectivity index (χ4n) is 4.17. The first-order valence-corrected chi connectivity index (χ1v) is 13.6. The molecule has 0 unspecified atom stereocenters. The van der Waals surface area contributed by atoms with E-state index in [9.17, 15) is 9.59 Å². The van der Waals surface area contributed by atoms with E-state index in [-0.39, 0.29) is 17.4 Å². The molecule has 0 N–H and O–H groups in total. The van der Waals surface area contributed by atoms with Gasteiger partial charge in [0.25, 0.3) is 0 Å². The molecule has 0 saturated carbocycles. The zero-order chi connectivity index (χ0) is 24.2. The summed E-state index contributed by atoms with van der Waals surface area (Å²) >= 11 is 0. The van der Waals surface area contributed by atoms with Crippen LogP contribution in [0, 0.1) is 17.3 Å². The fourth-order valence-corrected chi connectivity index (χ4v) is 4.17. The third-order valence-electron chi connectivity index (χ3n) is 6.67. The number of ether oxygens (including phenoxy) is 2. The van der Waals surface area contributed by atoms with E-state index in [1.165, 1.54) is 25.7 Å². The highest BCUT2D eigenvalue weighted by Crippen LogP contribution is 2.34. The number of carbonyl (C=O) groups is 2. The zero-order valence-electron chi connectivity index (χ0n) is 22.3. The Hall–Kier alpha value is -1.06. The van der Waals surface area contributed by atoms with Gasteiger partial charge in [-0.25, -0.2) is 0 Å². The third-order valence-corrected chi connectivity index (χ3v) is 6.67. The Bertz CT molecular complexity index is 466. The number of rotatable bonds is 21. The number of unbranched alkanes of at least 4 members (excludes halogenated alkanes) is 6. The number of carbonyl (C=O) groups excluding carboxylic acids is 2. The minimum Gasteiger partial charge on any atom is -0.466 e. The predicted octanol–water partition coefficient (Wildman–Crippen LogP) is 8.26. The minimum absolute atomic E-state index is 0.0161. The lowest BCUT2D eigenvalue weighted by molar-refractivity contribution is -0.157. The first-order chi connectivity index (χ1) is 15.3. The Morgan fingerprint density at radius 1 is 0.656 bits per heavy atom. The van der Waals surface area contributed by atoms with Crippen molar-refractivity contribution in [3.05, 3.63) is 0 Å². The van der Waals surface area contributed by atoms with Crippen LogP contribution in [0.4, 0.5) is 0 Å². The van der Waals surface area contributed by atoms with Crippen LogP contribution in [-0.2, 0) is 19.1 Å². The van der Waals surface area contributed by atoms with Gasteiger partial charge >= 0.3 is 11.9 Å². The van der Waals surface area contributed by atoms with Crippen molar-refractivity contribution >= 4 is 11.9 Å². The summed E-state index contributed by atoms with van der Waals surface area (Å²) < 4.78 is 10.9. The summed E-state index contributed by atoms with van der Waals surface area (Å²) in [7, 11) is 0. The quantitative estimate of drug-likeness (QED) is 0.129. The van der Waals surface area contributed by atoms with Gasteiger partial charge in [0.15, 0.2) is 0 Å². The van der Waals surface area contributed by atoms with E-state index in [2.05, 4.69) is 41.5 Å². The molecule has 4 heteroatoms. The standard InChI is InChI=1S/C28H54O4/c1-7-28(8-2,27(30)32-23-17-19-25(5)6)21-15-13-11-9-10-12-14-20-26(29)31-22-16-18-24(3)4/h24-25H,7-23H2,1-6H3. The molecule has 0 bridgehead atoms. The lowest BCUT2D eigenvalue weighted by atomic mass is 9.77. The van der Waals surface area contributed by atoms with Crippen LogP contribution in [0.2, 0.25) is 0 Å². The molecular formula is C28H54O4. The summed E-state index contributed by atoms with van der Waals surface area (Å²) in [6, 6.07) is 0. The lowest BCUT2D eigenvalue weighted by Crippen LogP contribution is -2.32. The summed E-state index contributed by atoms with van der Waals surface area (Å²) in [6.45, 7) is 14.2. The molecule has 0 fully saturated rings. The largest absolute Gasteiger partial charge is 0.466 e. The van der Waals surface area contributed by atoms with E-state index in [0.717, 1.165) is 64.2 Å². The first kappa shape index (κ1) is 30.9. The van der Waals surface area contributed by atoms with Crippen LogP contribution in [0.25, 0.3) is 0 Å². The van der Waals surface area contributed by atoms with Crippen LogP contribution in [0.5, 0.6) is 0 Å². The second-order valence-corrected chi connectivity index (χ2v) is 10.4. The van der Waals surface area contributed by atoms with Gasteiger partial charge in [-0.3, -0.25) is 9.59 Å². The van der Waals surface area contributed by atoms with Gasteiger partial charge < -0.3 is 9.47 Å². The zero-order valence-corrected chi connectivity index (χ0v) is 22.3. The summed E-state index contributed by atoms with van der Waals surface area (Å²) in [4.78, 5) is 24.4. The SMILES string of the molecule is CCC(CC)(CCCCCCCCCC(=O)OCCCC(C)C)C(=O)OCCCC(C)C. The topological polar surface area (TPSA) is 52.6 Å². The van der Waals surface area contributed by atoms with E-state index >= 15 is 0 Å². The van der Waals surface area contributed by atoms with Crippen LogP contribution in [0.3, 0.4) is 0 Å². The summed E-state index contributed by atoms with van der Waals surface area (Å²) in [5.41, 5.74) is -0.298. The molecule has 4 nitrogen and oxygen atoms in total. The normalized spacial score (nSPS) is 11.9. The van der Waals surface area contributed by atoms with Crippen LogP contribution in [-0.4, -0.2) is 25.2 Å². The van der Waals surface area contributed by atoms with Crippen LogP contribution < -0.4 is 0 Å². The van der Waals surface area contributed by atoms with E-state index in [0.29, 0.717) is 31.5 Å². The van der Waals surface area contributed by atoms with Crippen molar-refractivity contribution in [2.45, 2.75) is 138 Å². The van der Waals surface area contributed by atoms with Gasteiger partial charge in [-0.05, 0) is 63.2 Å². The van der Waals surface area contributed by atoms with Crippen molar-refractivity contribution in [3.8, 4) is 0 Å². The summed E-state index contributed by atoms with van der Waals surface area (Å²) in [6.07, 6.45) is 15.2. The van der Waals surface area contributed by atoms with Crippen molar-refractivity contribution in [1.29, 1.82) is 0 Å². The van der Waals surface area contributed by atoms with Crippen molar-refractivity contribution in [3.63, 3.8) is 0 Å². The second-order valence-electron chi connectivity index (χ2n) is 10.4. The maximum absolute atomic E-state index is 12.7. The first-order valence-electron chi connectivity index (χ1n) is 13.6. The molecule has 190 valence electrons. The highest BCUT2D eigenvalue weighted by Gasteiger charge is 2.35. The van der Waals surface area contributed by atoms with Crippen LogP contribution >= 0.6 is 0 Å². The third kappa shape index (κ3) is 15.7. The Kier molecular flexibility index (Phi) is 18.8.